The van der Waals surface area contributed by atoms with E-state index in [1.807, 2.05) is 30.3 Å². The standard InChI is InChI=1S/C14H16ClNO4/c15-8-4-5-9-19-13(17)10-16-14(18)20-11-12-6-2-1-3-7-12/h1-7H,8-11H2,(H,16,18). The minimum Gasteiger partial charge on any atom is -0.460 e. The number of ether oxygens (including phenoxy) is 2. The maximum absolute atomic E-state index is 11.3. The predicted molar refractivity (Wildman–Crippen MR) is 75.4 cm³/mol. The van der Waals surface area contributed by atoms with Crippen LogP contribution in [0.5, 0.6) is 0 Å². The number of hydrogen-bond donors (Lipinski definition) is 1. The van der Waals surface area contributed by atoms with Gasteiger partial charge in [-0.15, -0.1) is 11.6 Å². The second-order valence-corrected chi connectivity index (χ2v) is 4.03. The number of allylic oxidation sites excluding steroid dienone is 1. The Morgan fingerprint density at radius 1 is 1.15 bits per heavy atom. The summed E-state index contributed by atoms with van der Waals surface area (Å²) in [6.45, 7) is 0.0504. The van der Waals surface area contributed by atoms with Crippen molar-refractivity contribution in [1.29, 1.82) is 0 Å². The van der Waals surface area contributed by atoms with Gasteiger partial charge in [0.05, 0.1) is 0 Å². The number of carbonyl (C=O) groups is 2. The summed E-state index contributed by atoms with van der Waals surface area (Å²) < 4.78 is 9.73. The minimum absolute atomic E-state index is 0.131. The molecule has 20 heavy (non-hydrogen) atoms. The molecular weight excluding hydrogens is 282 g/mol. The zero-order valence-electron chi connectivity index (χ0n) is 10.9. The Hall–Kier alpha value is -2.01. The fourth-order valence-corrected chi connectivity index (χ4v) is 1.37. The summed E-state index contributed by atoms with van der Waals surface area (Å²) in [7, 11) is 0. The normalized spacial score (nSPS) is 10.2. The molecule has 1 N–H and O–H groups in total. The lowest BCUT2D eigenvalue weighted by atomic mass is 10.2. The van der Waals surface area contributed by atoms with E-state index in [0.717, 1.165) is 5.56 Å². The van der Waals surface area contributed by atoms with Crippen LogP contribution >= 0.6 is 11.6 Å². The third-order valence-corrected chi connectivity index (χ3v) is 2.36. The molecule has 0 saturated heterocycles. The summed E-state index contributed by atoms with van der Waals surface area (Å²) in [5.41, 5.74) is 0.872. The molecule has 0 fully saturated rings. The number of nitrogens with one attached hydrogen (secondary N) is 1. The lowest BCUT2D eigenvalue weighted by molar-refractivity contribution is -0.141. The van der Waals surface area contributed by atoms with Crippen LogP contribution in [0.4, 0.5) is 4.79 Å². The van der Waals surface area contributed by atoms with Gasteiger partial charge >= 0.3 is 12.1 Å². The van der Waals surface area contributed by atoms with Crippen molar-refractivity contribution in [2.24, 2.45) is 0 Å². The number of carbonyl (C=O) groups excluding carboxylic acids is 2. The number of hydrogen-bond acceptors (Lipinski definition) is 4. The largest absolute Gasteiger partial charge is 0.460 e. The van der Waals surface area contributed by atoms with Gasteiger partial charge in [0.1, 0.15) is 19.8 Å². The average molecular weight is 298 g/mol. The van der Waals surface area contributed by atoms with E-state index in [1.54, 1.807) is 12.2 Å². The van der Waals surface area contributed by atoms with Crippen molar-refractivity contribution in [3.63, 3.8) is 0 Å². The van der Waals surface area contributed by atoms with Crippen molar-refractivity contribution in [1.82, 2.24) is 5.32 Å². The van der Waals surface area contributed by atoms with Crippen LogP contribution in [0.3, 0.4) is 0 Å². The molecular formula is C14H16ClNO4. The summed E-state index contributed by atoms with van der Waals surface area (Å²) in [6, 6.07) is 9.25. The highest BCUT2D eigenvalue weighted by Gasteiger charge is 2.06. The lowest BCUT2D eigenvalue weighted by Gasteiger charge is -2.06. The number of amides is 1. The molecule has 108 valence electrons. The van der Waals surface area contributed by atoms with Crippen LogP contribution in [0.25, 0.3) is 0 Å². The monoisotopic (exact) mass is 297 g/mol. The Morgan fingerprint density at radius 3 is 2.60 bits per heavy atom. The number of rotatable bonds is 7. The minimum atomic E-state index is -0.665. The Balaban J connectivity index is 2.13. The molecule has 1 aromatic rings. The molecule has 1 rings (SSSR count). The highest BCUT2D eigenvalue weighted by Crippen LogP contribution is 2.00. The zero-order chi connectivity index (χ0) is 14.6. The van der Waals surface area contributed by atoms with E-state index in [2.05, 4.69) is 5.32 Å². The molecule has 0 unspecified atom stereocenters. The molecule has 0 heterocycles. The molecule has 0 bridgehead atoms. The summed E-state index contributed by atoms with van der Waals surface area (Å²) in [5.74, 6) is -0.178. The summed E-state index contributed by atoms with van der Waals surface area (Å²) >= 11 is 5.40. The van der Waals surface area contributed by atoms with Gasteiger partial charge in [-0.05, 0) is 5.56 Å². The van der Waals surface area contributed by atoms with E-state index in [-0.39, 0.29) is 19.8 Å². The first-order valence-electron chi connectivity index (χ1n) is 6.03. The van der Waals surface area contributed by atoms with Crippen molar-refractivity contribution < 1.29 is 19.1 Å². The smallest absolute Gasteiger partial charge is 0.407 e. The third-order valence-electron chi connectivity index (χ3n) is 2.19. The first kappa shape index (κ1) is 16.0. The summed E-state index contributed by atoms with van der Waals surface area (Å²) in [4.78, 5) is 22.6. The van der Waals surface area contributed by atoms with Crippen LogP contribution in [-0.2, 0) is 20.9 Å². The van der Waals surface area contributed by atoms with E-state index in [0.29, 0.717) is 5.88 Å². The molecule has 0 saturated carbocycles. The van der Waals surface area contributed by atoms with Crippen LogP contribution in [0.1, 0.15) is 5.56 Å². The van der Waals surface area contributed by atoms with Gasteiger partial charge in [0.15, 0.2) is 0 Å². The summed E-state index contributed by atoms with van der Waals surface area (Å²) in [6.07, 6.45) is 2.62. The van der Waals surface area contributed by atoms with Crippen molar-refractivity contribution in [3.05, 3.63) is 48.0 Å². The third kappa shape index (κ3) is 7.43. The van der Waals surface area contributed by atoms with Crippen LogP contribution in [0.2, 0.25) is 0 Å². The molecule has 0 aliphatic carbocycles. The number of esters is 1. The molecule has 5 nitrogen and oxygen atoms in total. The Bertz CT molecular complexity index is 448. The van der Waals surface area contributed by atoms with Gasteiger partial charge in [0, 0.05) is 5.88 Å². The SMILES string of the molecule is O=C(CNC(=O)OCc1ccccc1)OCC=CCCl. The van der Waals surface area contributed by atoms with Crippen LogP contribution in [0, 0.1) is 0 Å². The molecule has 0 aliphatic rings. The number of halogens is 1. The maximum atomic E-state index is 11.3. The van der Waals surface area contributed by atoms with E-state index in [4.69, 9.17) is 21.1 Å². The Kier molecular flexibility index (Phi) is 7.91. The van der Waals surface area contributed by atoms with E-state index in [9.17, 15) is 9.59 Å². The topological polar surface area (TPSA) is 64.6 Å². The molecule has 6 heteroatoms. The van der Waals surface area contributed by atoms with Crippen LogP contribution < -0.4 is 5.32 Å². The number of alkyl carbamates (subject to hydrolysis) is 1. The van der Waals surface area contributed by atoms with Crippen molar-refractivity contribution in [2.45, 2.75) is 6.61 Å². The van der Waals surface area contributed by atoms with Crippen LogP contribution in [0.15, 0.2) is 42.5 Å². The molecule has 1 aromatic carbocycles. The molecule has 0 radical (unpaired) electrons. The molecule has 0 atom stereocenters. The fraction of sp³-hybridized carbons (Fsp3) is 0.286. The lowest BCUT2D eigenvalue weighted by Crippen LogP contribution is -2.31. The van der Waals surface area contributed by atoms with Gasteiger partial charge in [-0.3, -0.25) is 4.79 Å². The molecule has 0 spiro atoms. The number of benzene rings is 1. The van der Waals surface area contributed by atoms with Gasteiger partial charge in [-0.25, -0.2) is 4.79 Å². The highest BCUT2D eigenvalue weighted by molar-refractivity contribution is 6.18. The van der Waals surface area contributed by atoms with Gasteiger partial charge in [-0.2, -0.15) is 0 Å². The van der Waals surface area contributed by atoms with Crippen molar-refractivity contribution in [3.8, 4) is 0 Å². The zero-order valence-corrected chi connectivity index (χ0v) is 11.6. The van der Waals surface area contributed by atoms with Gasteiger partial charge < -0.3 is 14.8 Å². The molecule has 0 aliphatic heterocycles. The Morgan fingerprint density at radius 2 is 1.90 bits per heavy atom. The van der Waals surface area contributed by atoms with Gasteiger partial charge in [0.2, 0.25) is 0 Å². The van der Waals surface area contributed by atoms with E-state index >= 15 is 0 Å². The van der Waals surface area contributed by atoms with E-state index in [1.165, 1.54) is 0 Å². The summed E-state index contributed by atoms with van der Waals surface area (Å²) in [5, 5.41) is 2.31. The van der Waals surface area contributed by atoms with E-state index < -0.39 is 12.1 Å². The Labute approximate surface area is 122 Å². The predicted octanol–water partition coefficient (Wildman–Crippen LogP) is 2.25. The van der Waals surface area contributed by atoms with Gasteiger partial charge in [0.25, 0.3) is 0 Å². The highest BCUT2D eigenvalue weighted by atomic mass is 35.5. The van der Waals surface area contributed by atoms with Crippen molar-refractivity contribution >= 4 is 23.7 Å². The maximum Gasteiger partial charge on any atom is 0.407 e. The van der Waals surface area contributed by atoms with Crippen molar-refractivity contribution in [2.75, 3.05) is 19.0 Å². The first-order valence-corrected chi connectivity index (χ1v) is 6.57. The second kappa shape index (κ2) is 9.86. The average Bonchev–Trinajstić information content (AvgIpc) is 2.48. The second-order valence-electron chi connectivity index (χ2n) is 3.72. The first-order chi connectivity index (χ1) is 9.72. The molecule has 0 aromatic heterocycles. The van der Waals surface area contributed by atoms with Gasteiger partial charge in [-0.1, -0.05) is 42.5 Å². The van der Waals surface area contributed by atoms with Crippen LogP contribution in [-0.4, -0.2) is 31.1 Å². The fourth-order valence-electron chi connectivity index (χ4n) is 1.24. The number of alkyl halides is 1. The quantitative estimate of drug-likeness (QED) is 0.476. The molecule has 1 amide bonds.